The van der Waals surface area contributed by atoms with Gasteiger partial charge in [0, 0.05) is 39.8 Å². The summed E-state index contributed by atoms with van der Waals surface area (Å²) in [4.78, 5) is 7.70. The Morgan fingerprint density at radius 3 is 2.30 bits per heavy atom. The highest BCUT2D eigenvalue weighted by molar-refractivity contribution is 5.79. The molecule has 0 radical (unpaired) electrons. The van der Waals surface area contributed by atoms with Crippen molar-refractivity contribution in [1.29, 1.82) is 0 Å². The van der Waals surface area contributed by atoms with E-state index in [1.165, 1.54) is 11.8 Å². The Hall–Kier alpha value is -0.980. The van der Waals surface area contributed by atoms with Crippen LogP contribution in [0.3, 0.4) is 0 Å². The van der Waals surface area contributed by atoms with Crippen LogP contribution in [0.2, 0.25) is 0 Å². The molecule has 20 heavy (non-hydrogen) atoms. The van der Waals surface area contributed by atoms with Gasteiger partial charge in [0.1, 0.15) is 6.04 Å². The number of hydrogen-bond donors (Lipinski definition) is 1. The van der Waals surface area contributed by atoms with Gasteiger partial charge in [0.25, 0.3) is 0 Å². The van der Waals surface area contributed by atoms with Gasteiger partial charge in [0.2, 0.25) is 0 Å². The van der Waals surface area contributed by atoms with E-state index >= 15 is 0 Å². The molecule has 118 valence electrons. The number of piperazine rings is 1. The molecule has 0 amide bonds. The lowest BCUT2D eigenvalue weighted by atomic mass is 10.2. The number of nitrogens with one attached hydrogen (secondary N) is 1. The van der Waals surface area contributed by atoms with E-state index in [1.807, 2.05) is 4.90 Å². The zero-order valence-corrected chi connectivity index (χ0v) is 12.5. The fourth-order valence-corrected chi connectivity index (χ4v) is 2.24. The van der Waals surface area contributed by atoms with Gasteiger partial charge in [0.05, 0.1) is 0 Å². The van der Waals surface area contributed by atoms with Crippen LogP contribution in [0.1, 0.15) is 26.7 Å². The van der Waals surface area contributed by atoms with Gasteiger partial charge in [0.15, 0.2) is 5.96 Å². The van der Waals surface area contributed by atoms with Gasteiger partial charge in [-0.25, -0.2) is 0 Å². The van der Waals surface area contributed by atoms with Crippen LogP contribution in [0, 0.1) is 0 Å². The Bertz CT molecular complexity index is 309. The molecule has 0 aromatic carbocycles. The number of halogens is 3. The van der Waals surface area contributed by atoms with Gasteiger partial charge in [-0.05, 0) is 13.3 Å². The van der Waals surface area contributed by atoms with E-state index in [0.717, 1.165) is 25.3 Å². The molecular weight excluding hydrogens is 269 g/mol. The summed E-state index contributed by atoms with van der Waals surface area (Å²) < 4.78 is 38.0. The topological polar surface area (TPSA) is 30.9 Å². The van der Waals surface area contributed by atoms with Crippen molar-refractivity contribution in [3.8, 4) is 0 Å². The molecule has 0 aromatic rings. The van der Waals surface area contributed by atoms with Crippen molar-refractivity contribution in [2.24, 2.45) is 4.99 Å². The molecule has 1 unspecified atom stereocenters. The Morgan fingerprint density at radius 1 is 1.25 bits per heavy atom. The largest absolute Gasteiger partial charge is 0.403 e. The highest BCUT2D eigenvalue weighted by atomic mass is 19.4. The summed E-state index contributed by atoms with van der Waals surface area (Å²) in [6, 6.07) is -1.38. The lowest BCUT2D eigenvalue weighted by Gasteiger charge is -2.39. The number of hydrogen-bond acceptors (Lipinski definition) is 2. The molecule has 0 aromatic heterocycles. The summed E-state index contributed by atoms with van der Waals surface area (Å²) in [6.07, 6.45) is -1.99. The molecule has 1 saturated heterocycles. The monoisotopic (exact) mass is 294 g/mol. The first-order valence-electron chi connectivity index (χ1n) is 7.16. The van der Waals surface area contributed by atoms with Crippen molar-refractivity contribution in [2.75, 3.05) is 39.8 Å². The van der Waals surface area contributed by atoms with Crippen LogP contribution in [0.15, 0.2) is 4.99 Å². The molecule has 1 aliphatic rings. The summed E-state index contributed by atoms with van der Waals surface area (Å²) in [5.41, 5.74) is 0. The fraction of sp³-hybridized carbons (Fsp3) is 0.923. The summed E-state index contributed by atoms with van der Waals surface area (Å²) in [6.45, 7) is 6.16. The minimum absolute atomic E-state index is 0.412. The van der Waals surface area contributed by atoms with E-state index in [0.29, 0.717) is 26.2 Å². The zero-order valence-electron chi connectivity index (χ0n) is 12.5. The van der Waals surface area contributed by atoms with Gasteiger partial charge in [-0.1, -0.05) is 13.3 Å². The van der Waals surface area contributed by atoms with Crippen molar-refractivity contribution < 1.29 is 13.2 Å². The molecule has 1 aliphatic heterocycles. The molecule has 1 fully saturated rings. The van der Waals surface area contributed by atoms with Crippen molar-refractivity contribution in [2.45, 2.75) is 38.9 Å². The third-order valence-corrected chi connectivity index (χ3v) is 3.66. The standard InChI is InChI=1S/C13H25F3N4/c1-4-5-6-18-12(17-3)20-9-7-19(8-10-20)11(2)13(14,15)16/h11H,4-10H2,1-3H3,(H,17,18). The van der Waals surface area contributed by atoms with Crippen LogP contribution >= 0.6 is 0 Å². The molecule has 0 bridgehead atoms. The second-order valence-electron chi connectivity index (χ2n) is 5.07. The molecule has 1 atom stereocenters. The van der Waals surface area contributed by atoms with E-state index in [1.54, 1.807) is 7.05 Å². The van der Waals surface area contributed by atoms with Crippen molar-refractivity contribution in [3.05, 3.63) is 0 Å². The number of guanidine groups is 1. The molecular formula is C13H25F3N4. The van der Waals surface area contributed by atoms with E-state index in [9.17, 15) is 13.2 Å². The molecule has 1 N–H and O–H groups in total. The lowest BCUT2D eigenvalue weighted by molar-refractivity contribution is -0.181. The molecule has 4 nitrogen and oxygen atoms in total. The van der Waals surface area contributed by atoms with Crippen LogP contribution in [0.4, 0.5) is 13.2 Å². The van der Waals surface area contributed by atoms with Crippen molar-refractivity contribution in [1.82, 2.24) is 15.1 Å². The quantitative estimate of drug-likeness (QED) is 0.488. The Morgan fingerprint density at radius 2 is 1.85 bits per heavy atom. The van der Waals surface area contributed by atoms with E-state index in [2.05, 4.69) is 17.2 Å². The summed E-state index contributed by atoms with van der Waals surface area (Å²) in [5, 5.41) is 3.25. The predicted octanol–water partition coefficient (Wildman–Crippen LogP) is 1.93. The van der Waals surface area contributed by atoms with Gasteiger partial charge < -0.3 is 10.2 Å². The zero-order chi connectivity index (χ0) is 15.2. The van der Waals surface area contributed by atoms with Crippen LogP contribution in [0.5, 0.6) is 0 Å². The Labute approximate surface area is 119 Å². The number of unbranched alkanes of at least 4 members (excludes halogenated alkanes) is 1. The minimum atomic E-state index is -4.15. The van der Waals surface area contributed by atoms with E-state index < -0.39 is 12.2 Å². The highest BCUT2D eigenvalue weighted by Gasteiger charge is 2.40. The van der Waals surface area contributed by atoms with Crippen LogP contribution in [-0.2, 0) is 0 Å². The van der Waals surface area contributed by atoms with E-state index in [4.69, 9.17) is 0 Å². The second kappa shape index (κ2) is 7.71. The second-order valence-corrected chi connectivity index (χ2v) is 5.07. The maximum absolute atomic E-state index is 12.7. The smallest absolute Gasteiger partial charge is 0.356 e. The average molecular weight is 294 g/mol. The first-order chi connectivity index (χ1) is 9.40. The third kappa shape index (κ3) is 4.85. The molecule has 1 rings (SSSR count). The maximum Gasteiger partial charge on any atom is 0.403 e. The number of aliphatic imine (C=N–C) groups is 1. The van der Waals surface area contributed by atoms with Gasteiger partial charge in [-0.15, -0.1) is 0 Å². The van der Waals surface area contributed by atoms with Crippen molar-refractivity contribution in [3.63, 3.8) is 0 Å². The highest BCUT2D eigenvalue weighted by Crippen LogP contribution is 2.25. The minimum Gasteiger partial charge on any atom is -0.356 e. The Kier molecular flexibility index (Phi) is 6.58. The maximum atomic E-state index is 12.7. The van der Waals surface area contributed by atoms with Crippen LogP contribution in [-0.4, -0.2) is 67.7 Å². The summed E-state index contributed by atoms with van der Waals surface area (Å²) in [7, 11) is 1.71. The summed E-state index contributed by atoms with van der Waals surface area (Å²) >= 11 is 0. The lowest BCUT2D eigenvalue weighted by Crippen LogP contribution is -2.56. The van der Waals surface area contributed by atoms with Gasteiger partial charge in [-0.3, -0.25) is 9.89 Å². The first-order valence-corrected chi connectivity index (χ1v) is 7.16. The average Bonchev–Trinajstić information content (AvgIpc) is 2.42. The van der Waals surface area contributed by atoms with Crippen LogP contribution < -0.4 is 5.32 Å². The molecule has 0 saturated carbocycles. The molecule has 0 spiro atoms. The van der Waals surface area contributed by atoms with Crippen molar-refractivity contribution >= 4 is 5.96 Å². The normalized spacial score (nSPS) is 20.1. The number of alkyl halides is 3. The first kappa shape index (κ1) is 17.1. The van der Waals surface area contributed by atoms with Gasteiger partial charge >= 0.3 is 6.18 Å². The predicted molar refractivity (Wildman–Crippen MR) is 74.9 cm³/mol. The van der Waals surface area contributed by atoms with E-state index in [-0.39, 0.29) is 0 Å². The fourth-order valence-electron chi connectivity index (χ4n) is 2.24. The number of rotatable bonds is 4. The SMILES string of the molecule is CCCCNC(=NC)N1CCN(C(C)C(F)(F)F)CC1. The third-order valence-electron chi connectivity index (χ3n) is 3.66. The van der Waals surface area contributed by atoms with Gasteiger partial charge in [-0.2, -0.15) is 13.2 Å². The molecule has 7 heteroatoms. The molecule has 1 heterocycles. The summed E-state index contributed by atoms with van der Waals surface area (Å²) in [5.74, 6) is 0.790. The number of nitrogens with zero attached hydrogens (tertiary/aromatic N) is 3. The van der Waals surface area contributed by atoms with Crippen LogP contribution in [0.25, 0.3) is 0 Å². The Balaban J connectivity index is 2.44. The molecule has 0 aliphatic carbocycles.